The van der Waals surface area contributed by atoms with Crippen molar-refractivity contribution in [1.82, 2.24) is 10.3 Å². The van der Waals surface area contributed by atoms with Crippen LogP contribution in [0.2, 0.25) is 0 Å². The Labute approximate surface area is 153 Å². The van der Waals surface area contributed by atoms with Gasteiger partial charge in [0, 0.05) is 13.1 Å². The highest BCUT2D eigenvalue weighted by molar-refractivity contribution is 6.35. The Morgan fingerprint density at radius 2 is 2.00 bits per heavy atom. The van der Waals surface area contributed by atoms with Gasteiger partial charge in [0.25, 0.3) is 0 Å². The molecular weight excluding hydrogens is 334 g/mol. The van der Waals surface area contributed by atoms with Crippen molar-refractivity contribution in [3.63, 3.8) is 0 Å². The summed E-state index contributed by atoms with van der Waals surface area (Å²) in [5, 5.41) is 3.87. The van der Waals surface area contributed by atoms with E-state index in [4.69, 9.17) is 9.47 Å². The molecule has 1 aliphatic heterocycles. The summed E-state index contributed by atoms with van der Waals surface area (Å²) in [6.45, 7) is 7.61. The summed E-state index contributed by atoms with van der Waals surface area (Å²) in [7, 11) is 0. The molecule has 0 bridgehead atoms. The summed E-state index contributed by atoms with van der Waals surface area (Å²) < 4.78 is 11.1. The van der Waals surface area contributed by atoms with E-state index >= 15 is 0 Å². The summed E-state index contributed by atoms with van der Waals surface area (Å²) in [6, 6.07) is 5.30. The molecule has 0 unspecified atom stereocenters. The normalized spacial score (nSPS) is 14.1. The van der Waals surface area contributed by atoms with Crippen molar-refractivity contribution in [2.75, 3.05) is 26.3 Å². The summed E-state index contributed by atoms with van der Waals surface area (Å²) in [5.74, 6) is -0.0774. The number of benzene rings is 1. The van der Waals surface area contributed by atoms with Crippen molar-refractivity contribution in [2.45, 2.75) is 26.2 Å². The molecule has 1 aliphatic rings. The average Bonchev–Trinajstić information content (AvgIpc) is 2.67. The maximum absolute atomic E-state index is 12.0. The van der Waals surface area contributed by atoms with Gasteiger partial charge in [-0.05, 0) is 49.9 Å². The molecule has 26 heavy (non-hydrogen) atoms. The van der Waals surface area contributed by atoms with Gasteiger partial charge in [-0.25, -0.2) is 5.43 Å². The average molecular weight is 359 g/mol. The Bertz CT molecular complexity index is 667. The molecule has 2 amide bonds. The molecule has 7 nitrogen and oxygen atoms in total. The van der Waals surface area contributed by atoms with Crippen molar-refractivity contribution in [1.29, 1.82) is 0 Å². The van der Waals surface area contributed by atoms with E-state index in [0.29, 0.717) is 43.4 Å². The second-order valence-electron chi connectivity index (χ2n) is 5.79. The number of amides is 2. The summed E-state index contributed by atoms with van der Waals surface area (Å²) in [4.78, 5) is 25.5. The van der Waals surface area contributed by atoms with Gasteiger partial charge >= 0.3 is 11.8 Å². The molecule has 0 aromatic heterocycles. The van der Waals surface area contributed by atoms with Gasteiger partial charge in [0.15, 0.2) is 11.5 Å². The standard InChI is InChI=1S/C19H25N3O4/c1-3-12-26-16-9-8-15(13-17(16)25-4-2)14-20-21-18(23)19(24)22-10-6-5-7-11-22/h3,8-9,13-14H,1,4-7,10-12H2,2H3,(H,21,23)/b20-14-. The third kappa shape index (κ3) is 5.61. The molecule has 7 heteroatoms. The molecule has 1 N–H and O–H groups in total. The highest BCUT2D eigenvalue weighted by Gasteiger charge is 2.22. The van der Waals surface area contributed by atoms with E-state index in [-0.39, 0.29) is 0 Å². The van der Waals surface area contributed by atoms with Crippen LogP contribution in [-0.4, -0.2) is 49.2 Å². The lowest BCUT2D eigenvalue weighted by atomic mass is 10.1. The zero-order valence-corrected chi connectivity index (χ0v) is 15.1. The number of likely N-dealkylation sites (tertiary alicyclic amines) is 1. The molecule has 0 radical (unpaired) electrons. The third-order valence-corrected chi connectivity index (χ3v) is 3.84. The van der Waals surface area contributed by atoms with E-state index in [1.165, 1.54) is 6.21 Å². The first kappa shape index (κ1) is 19.5. The minimum Gasteiger partial charge on any atom is -0.490 e. The Kier molecular flexibility index (Phi) is 7.67. The first-order valence-corrected chi connectivity index (χ1v) is 8.78. The van der Waals surface area contributed by atoms with Crippen LogP contribution in [0, 0.1) is 0 Å². The number of ether oxygens (including phenoxy) is 2. The van der Waals surface area contributed by atoms with Crippen LogP contribution >= 0.6 is 0 Å². The monoisotopic (exact) mass is 359 g/mol. The lowest BCUT2D eigenvalue weighted by Gasteiger charge is -2.25. The third-order valence-electron chi connectivity index (χ3n) is 3.84. The molecule has 0 spiro atoms. The van der Waals surface area contributed by atoms with Crippen LogP contribution in [0.4, 0.5) is 0 Å². The number of piperidine rings is 1. The van der Waals surface area contributed by atoms with Crippen LogP contribution in [0.25, 0.3) is 0 Å². The van der Waals surface area contributed by atoms with E-state index in [0.717, 1.165) is 19.3 Å². The lowest BCUT2D eigenvalue weighted by Crippen LogP contribution is -2.43. The van der Waals surface area contributed by atoms with Crippen LogP contribution in [0.3, 0.4) is 0 Å². The number of rotatable bonds is 7. The second kappa shape index (κ2) is 10.2. The number of nitrogens with zero attached hydrogens (tertiary/aromatic N) is 2. The van der Waals surface area contributed by atoms with Gasteiger partial charge < -0.3 is 14.4 Å². The van der Waals surface area contributed by atoms with Crippen molar-refractivity contribution in [3.8, 4) is 11.5 Å². The quantitative estimate of drug-likeness (QED) is 0.350. The van der Waals surface area contributed by atoms with Crippen LogP contribution in [0.1, 0.15) is 31.7 Å². The summed E-state index contributed by atoms with van der Waals surface area (Å²) in [6.07, 6.45) is 6.07. The minimum absolute atomic E-state index is 0.377. The fraction of sp³-hybridized carbons (Fsp3) is 0.421. The predicted octanol–water partition coefficient (Wildman–Crippen LogP) is 2.11. The van der Waals surface area contributed by atoms with E-state index in [1.54, 1.807) is 29.2 Å². The molecule has 1 saturated heterocycles. The molecule has 1 aromatic carbocycles. The molecule has 140 valence electrons. The van der Waals surface area contributed by atoms with E-state index in [2.05, 4.69) is 17.1 Å². The number of carbonyl (C=O) groups is 2. The van der Waals surface area contributed by atoms with Crippen LogP contribution < -0.4 is 14.9 Å². The number of hydrogen-bond acceptors (Lipinski definition) is 5. The smallest absolute Gasteiger partial charge is 0.329 e. The zero-order chi connectivity index (χ0) is 18.8. The lowest BCUT2D eigenvalue weighted by molar-refractivity contribution is -0.146. The number of hydrogen-bond donors (Lipinski definition) is 1. The SMILES string of the molecule is C=CCOc1ccc(/C=N\NC(=O)C(=O)N2CCCCC2)cc1OCC. The van der Waals surface area contributed by atoms with Gasteiger partial charge in [-0.2, -0.15) is 5.10 Å². The van der Waals surface area contributed by atoms with Crippen LogP contribution in [0.5, 0.6) is 11.5 Å². The summed E-state index contributed by atoms with van der Waals surface area (Å²) in [5.41, 5.74) is 3.00. The van der Waals surface area contributed by atoms with Crippen LogP contribution in [0.15, 0.2) is 36.0 Å². The fourth-order valence-electron chi connectivity index (χ4n) is 2.60. The Hall–Kier alpha value is -2.83. The molecule has 2 rings (SSSR count). The van der Waals surface area contributed by atoms with Gasteiger partial charge in [0.2, 0.25) is 0 Å². The van der Waals surface area contributed by atoms with E-state index < -0.39 is 11.8 Å². The largest absolute Gasteiger partial charge is 0.490 e. The van der Waals surface area contributed by atoms with Crippen molar-refractivity contribution >= 4 is 18.0 Å². The maximum Gasteiger partial charge on any atom is 0.329 e. The van der Waals surface area contributed by atoms with E-state index in [1.807, 2.05) is 6.92 Å². The molecule has 1 fully saturated rings. The molecule has 1 heterocycles. The van der Waals surface area contributed by atoms with E-state index in [9.17, 15) is 9.59 Å². The van der Waals surface area contributed by atoms with Gasteiger partial charge in [-0.3, -0.25) is 9.59 Å². The summed E-state index contributed by atoms with van der Waals surface area (Å²) >= 11 is 0. The zero-order valence-electron chi connectivity index (χ0n) is 15.1. The first-order valence-electron chi connectivity index (χ1n) is 8.78. The molecule has 0 aliphatic carbocycles. The Morgan fingerprint density at radius 3 is 2.69 bits per heavy atom. The number of nitrogens with one attached hydrogen (secondary N) is 1. The van der Waals surface area contributed by atoms with Gasteiger partial charge in [-0.1, -0.05) is 12.7 Å². The first-order chi connectivity index (χ1) is 12.7. The van der Waals surface area contributed by atoms with Crippen molar-refractivity contribution in [2.24, 2.45) is 5.10 Å². The maximum atomic E-state index is 12.0. The number of carbonyl (C=O) groups excluding carboxylic acids is 2. The van der Waals surface area contributed by atoms with Gasteiger partial charge in [0.05, 0.1) is 12.8 Å². The Balaban J connectivity index is 1.95. The molecule has 0 atom stereocenters. The highest BCUT2D eigenvalue weighted by atomic mass is 16.5. The molecule has 0 saturated carbocycles. The topological polar surface area (TPSA) is 80.2 Å². The van der Waals surface area contributed by atoms with Crippen LogP contribution in [-0.2, 0) is 9.59 Å². The van der Waals surface area contributed by atoms with Crippen molar-refractivity contribution < 1.29 is 19.1 Å². The second-order valence-corrected chi connectivity index (χ2v) is 5.79. The Morgan fingerprint density at radius 1 is 1.23 bits per heavy atom. The van der Waals surface area contributed by atoms with Gasteiger partial charge in [0.1, 0.15) is 6.61 Å². The molecular formula is C19H25N3O4. The predicted molar refractivity (Wildman–Crippen MR) is 99.5 cm³/mol. The minimum atomic E-state index is -0.723. The van der Waals surface area contributed by atoms with Crippen molar-refractivity contribution in [3.05, 3.63) is 36.4 Å². The molecule has 1 aromatic rings. The highest BCUT2D eigenvalue weighted by Crippen LogP contribution is 2.28. The number of hydrazone groups is 1. The van der Waals surface area contributed by atoms with Gasteiger partial charge in [-0.15, -0.1) is 0 Å². The fourth-order valence-corrected chi connectivity index (χ4v) is 2.60.